The number of halogens is 3. The molecule has 0 fully saturated rings. The molecule has 2 aromatic rings. The van der Waals surface area contributed by atoms with Gasteiger partial charge in [-0.05, 0) is 31.2 Å². The van der Waals surface area contributed by atoms with Crippen LogP contribution in [0.4, 0.5) is 8.78 Å². The first kappa shape index (κ1) is 19.5. The molecule has 0 radical (unpaired) electrons. The van der Waals surface area contributed by atoms with Gasteiger partial charge in [0.2, 0.25) is 0 Å². The Balaban J connectivity index is 2.15. The third kappa shape index (κ3) is 3.50. The van der Waals surface area contributed by atoms with Crippen molar-refractivity contribution >= 4 is 21.4 Å². The van der Waals surface area contributed by atoms with Gasteiger partial charge in [0.1, 0.15) is 34.3 Å². The van der Waals surface area contributed by atoms with Crippen molar-refractivity contribution in [2.45, 2.75) is 30.0 Å². The molecule has 9 heteroatoms. The summed E-state index contributed by atoms with van der Waals surface area (Å²) < 4.78 is 58.4. The molecule has 142 valence electrons. The Hall–Kier alpha value is -2.21. The number of fused-ring (bicyclic) bond motifs is 1. The van der Waals surface area contributed by atoms with Crippen molar-refractivity contribution in [1.82, 2.24) is 0 Å². The molecule has 0 heterocycles. The molecule has 3 rings (SSSR count). The molecule has 1 N–H and O–H groups in total. The molecular weight excluding hydrogens is 400 g/mol. The van der Waals surface area contributed by atoms with Gasteiger partial charge in [0, 0.05) is 23.6 Å². The van der Waals surface area contributed by atoms with E-state index in [-0.39, 0.29) is 39.5 Å². The summed E-state index contributed by atoms with van der Waals surface area (Å²) in [6.07, 6.45) is -1.99. The highest BCUT2D eigenvalue weighted by atomic mass is 35.5. The summed E-state index contributed by atoms with van der Waals surface area (Å²) in [5.74, 6) is -0.644. The quantitative estimate of drug-likeness (QED) is 0.771. The second-order valence-electron chi connectivity index (χ2n) is 6.42. The molecule has 1 aliphatic carbocycles. The summed E-state index contributed by atoms with van der Waals surface area (Å²) in [5, 5.41) is 18.5. The predicted octanol–water partition coefficient (Wildman–Crippen LogP) is 3.78. The number of nitrogens with zero attached hydrogens (tertiary/aromatic N) is 1. The Morgan fingerprint density at radius 1 is 1.41 bits per heavy atom. The van der Waals surface area contributed by atoms with Crippen LogP contribution in [0.25, 0.3) is 0 Å². The van der Waals surface area contributed by atoms with Crippen molar-refractivity contribution in [3.8, 4) is 17.6 Å². The third-order valence-corrected chi connectivity index (χ3v) is 6.52. The van der Waals surface area contributed by atoms with E-state index in [1.165, 1.54) is 18.2 Å². The van der Waals surface area contributed by atoms with Gasteiger partial charge in [0.15, 0.2) is 9.84 Å². The zero-order valence-electron chi connectivity index (χ0n) is 14.0. The number of aliphatic hydroxyl groups is 1. The van der Waals surface area contributed by atoms with E-state index in [0.29, 0.717) is 0 Å². The molecule has 0 bridgehead atoms. The Morgan fingerprint density at radius 2 is 2.11 bits per heavy atom. The van der Waals surface area contributed by atoms with Gasteiger partial charge in [-0.3, -0.25) is 0 Å². The fourth-order valence-electron chi connectivity index (χ4n) is 3.09. The molecule has 2 aromatic carbocycles. The predicted molar refractivity (Wildman–Crippen MR) is 93.7 cm³/mol. The number of aliphatic hydroxyl groups excluding tert-OH is 1. The van der Waals surface area contributed by atoms with Crippen LogP contribution in [0.1, 0.15) is 29.7 Å². The van der Waals surface area contributed by atoms with Crippen LogP contribution in [0, 0.1) is 17.1 Å². The normalized spacial score (nSPS) is 21.6. The van der Waals surface area contributed by atoms with E-state index in [2.05, 4.69) is 0 Å². The highest BCUT2D eigenvalue weighted by Gasteiger charge is 2.46. The maximum Gasteiger partial charge on any atom is 0.192 e. The van der Waals surface area contributed by atoms with E-state index in [9.17, 15) is 22.3 Å². The van der Waals surface area contributed by atoms with Gasteiger partial charge in [-0.15, -0.1) is 11.6 Å². The summed E-state index contributed by atoms with van der Waals surface area (Å²) in [6, 6.07) is 7.60. The van der Waals surface area contributed by atoms with Crippen LogP contribution in [-0.2, 0) is 16.3 Å². The highest BCUT2D eigenvalue weighted by molar-refractivity contribution is 7.92. The summed E-state index contributed by atoms with van der Waals surface area (Å²) in [7, 11) is -3.93. The van der Waals surface area contributed by atoms with E-state index < -0.39 is 32.6 Å². The van der Waals surface area contributed by atoms with Crippen LogP contribution in [0.2, 0.25) is 0 Å². The Bertz CT molecular complexity index is 1060. The molecule has 0 saturated heterocycles. The van der Waals surface area contributed by atoms with E-state index >= 15 is 0 Å². The van der Waals surface area contributed by atoms with Gasteiger partial charge in [0.25, 0.3) is 0 Å². The molecule has 1 unspecified atom stereocenters. The number of benzene rings is 2. The first-order valence-electron chi connectivity index (χ1n) is 7.79. The van der Waals surface area contributed by atoms with Gasteiger partial charge in [0.05, 0.1) is 16.5 Å². The van der Waals surface area contributed by atoms with Gasteiger partial charge < -0.3 is 9.84 Å². The molecule has 0 aromatic heterocycles. The number of nitriles is 1. The van der Waals surface area contributed by atoms with Crippen molar-refractivity contribution < 1.29 is 27.0 Å². The van der Waals surface area contributed by atoms with Gasteiger partial charge in [-0.25, -0.2) is 17.2 Å². The van der Waals surface area contributed by atoms with Crippen molar-refractivity contribution in [1.29, 1.82) is 5.26 Å². The number of sulfone groups is 1. The lowest BCUT2D eigenvalue weighted by atomic mass is 10.0. The van der Waals surface area contributed by atoms with E-state index in [1.54, 1.807) is 6.07 Å². The van der Waals surface area contributed by atoms with Crippen molar-refractivity contribution in [2.75, 3.05) is 5.21 Å². The molecule has 0 saturated carbocycles. The number of alkyl halides is 2. The molecule has 0 amide bonds. The second-order valence-corrected chi connectivity index (χ2v) is 8.97. The minimum absolute atomic E-state index is 0.0105. The average Bonchev–Trinajstić information content (AvgIpc) is 2.85. The Morgan fingerprint density at radius 3 is 2.74 bits per heavy atom. The van der Waals surface area contributed by atoms with E-state index in [4.69, 9.17) is 21.6 Å². The fourth-order valence-corrected chi connectivity index (χ4v) is 4.40. The number of hydrogen-bond donors (Lipinski definition) is 1. The standard InChI is InChI=1S/C18H14ClF2NO4S/c1-18(21)7-13-14(26-12-5-10(8-22)4-11(20)6-12)2-3-15(16(13)17(18)23)27(24,25)9-19/h2-6,17,23H,7,9H2,1H3/t17-,18?/m0/s1. The summed E-state index contributed by atoms with van der Waals surface area (Å²) in [4.78, 5) is -0.273. The van der Waals surface area contributed by atoms with E-state index in [0.717, 1.165) is 19.1 Å². The topological polar surface area (TPSA) is 87.4 Å². The van der Waals surface area contributed by atoms with Gasteiger partial charge in [-0.1, -0.05) is 0 Å². The lowest BCUT2D eigenvalue weighted by molar-refractivity contribution is 0.0166. The largest absolute Gasteiger partial charge is 0.457 e. The summed E-state index contributed by atoms with van der Waals surface area (Å²) in [5.41, 5.74) is -2.05. The Kier molecular flexibility index (Phi) is 4.89. The minimum Gasteiger partial charge on any atom is -0.457 e. The Labute approximate surface area is 159 Å². The van der Waals surface area contributed by atoms with Crippen LogP contribution in [-0.4, -0.2) is 24.4 Å². The monoisotopic (exact) mass is 413 g/mol. The lowest BCUT2D eigenvalue weighted by Crippen LogP contribution is -2.24. The first-order valence-corrected chi connectivity index (χ1v) is 9.98. The minimum atomic E-state index is -3.93. The molecule has 27 heavy (non-hydrogen) atoms. The second kappa shape index (κ2) is 6.75. The zero-order valence-corrected chi connectivity index (χ0v) is 15.6. The van der Waals surface area contributed by atoms with Crippen molar-refractivity contribution in [2.24, 2.45) is 0 Å². The molecule has 2 atom stereocenters. The smallest absolute Gasteiger partial charge is 0.192 e. The van der Waals surface area contributed by atoms with Crippen LogP contribution in [0.3, 0.4) is 0 Å². The fraction of sp³-hybridized carbons (Fsp3) is 0.278. The van der Waals surface area contributed by atoms with Crippen molar-refractivity contribution in [3.63, 3.8) is 0 Å². The lowest BCUT2D eigenvalue weighted by Gasteiger charge is -2.19. The van der Waals surface area contributed by atoms with Crippen molar-refractivity contribution in [3.05, 3.63) is 52.8 Å². The number of rotatable bonds is 4. The summed E-state index contributed by atoms with van der Waals surface area (Å²) >= 11 is 5.50. The maximum absolute atomic E-state index is 14.7. The van der Waals surface area contributed by atoms with Crippen LogP contribution in [0.5, 0.6) is 11.5 Å². The molecule has 0 spiro atoms. The molecular formula is C18H14ClF2NO4S. The third-order valence-electron chi connectivity index (χ3n) is 4.35. The first-order chi connectivity index (χ1) is 12.6. The van der Waals surface area contributed by atoms with Crippen LogP contribution in [0.15, 0.2) is 35.2 Å². The zero-order chi connectivity index (χ0) is 20.0. The SMILES string of the molecule is CC1(F)Cc2c(Oc3cc(F)cc(C#N)c3)ccc(S(=O)(=O)CCl)c2[C@@H]1O. The number of hydrogen-bond acceptors (Lipinski definition) is 5. The van der Waals surface area contributed by atoms with Gasteiger partial charge in [-0.2, -0.15) is 5.26 Å². The van der Waals surface area contributed by atoms with Crippen LogP contribution < -0.4 is 4.74 Å². The summed E-state index contributed by atoms with van der Waals surface area (Å²) in [6.45, 7) is 1.15. The average molecular weight is 414 g/mol. The van der Waals surface area contributed by atoms with Gasteiger partial charge >= 0.3 is 0 Å². The number of ether oxygens (including phenoxy) is 1. The van der Waals surface area contributed by atoms with E-state index in [1.807, 2.05) is 0 Å². The molecule has 5 nitrogen and oxygen atoms in total. The van der Waals surface area contributed by atoms with Crippen LogP contribution >= 0.6 is 11.6 Å². The highest BCUT2D eigenvalue weighted by Crippen LogP contribution is 2.49. The molecule has 1 aliphatic rings. The maximum atomic E-state index is 14.7. The molecule has 0 aliphatic heterocycles.